The molecular formula is C15H18N4OS. The van der Waals surface area contributed by atoms with E-state index < -0.39 is 0 Å². The van der Waals surface area contributed by atoms with Crippen LogP contribution in [0.25, 0.3) is 10.2 Å². The van der Waals surface area contributed by atoms with Crippen molar-refractivity contribution in [2.45, 2.75) is 37.8 Å². The number of nitrogens with zero attached hydrogens (tertiary/aromatic N) is 2. The summed E-state index contributed by atoms with van der Waals surface area (Å²) in [7, 11) is 0. The van der Waals surface area contributed by atoms with Gasteiger partial charge in [0.1, 0.15) is 0 Å². The predicted octanol–water partition coefficient (Wildman–Crippen LogP) is 2.96. The number of fused-ring (bicyclic) bond motifs is 3. The van der Waals surface area contributed by atoms with Gasteiger partial charge in [-0.15, -0.1) is 11.3 Å². The van der Waals surface area contributed by atoms with Crippen LogP contribution in [0.1, 0.15) is 32.1 Å². The zero-order valence-electron chi connectivity index (χ0n) is 11.7. The van der Waals surface area contributed by atoms with Gasteiger partial charge in [0.25, 0.3) is 0 Å². The van der Waals surface area contributed by atoms with Crippen LogP contribution in [0.2, 0.25) is 0 Å². The molecule has 5 nitrogen and oxygen atoms in total. The van der Waals surface area contributed by atoms with Gasteiger partial charge in [0.15, 0.2) is 5.72 Å². The number of pyridine rings is 1. The first-order valence-corrected chi connectivity index (χ1v) is 8.55. The molecule has 1 saturated heterocycles. The van der Waals surface area contributed by atoms with Crippen LogP contribution >= 0.6 is 11.3 Å². The van der Waals surface area contributed by atoms with E-state index in [9.17, 15) is 0 Å². The Kier molecular flexibility index (Phi) is 2.58. The van der Waals surface area contributed by atoms with E-state index in [1.165, 1.54) is 30.4 Å². The molecule has 0 radical (unpaired) electrons. The van der Waals surface area contributed by atoms with E-state index >= 15 is 0 Å². The fourth-order valence-corrected chi connectivity index (χ4v) is 4.90. The first-order chi connectivity index (χ1) is 10.3. The molecule has 1 spiro atoms. The Balaban J connectivity index is 1.44. The second-order valence-corrected chi connectivity index (χ2v) is 7.40. The molecule has 3 aliphatic carbocycles. The predicted molar refractivity (Wildman–Crippen MR) is 82.3 cm³/mol. The highest BCUT2D eigenvalue weighted by Crippen LogP contribution is 2.49. The van der Waals surface area contributed by atoms with Crippen molar-refractivity contribution in [2.75, 3.05) is 5.12 Å². The zero-order valence-corrected chi connectivity index (χ0v) is 12.5. The Hall–Kier alpha value is -1.21. The highest BCUT2D eigenvalue weighted by atomic mass is 32.1. The van der Waals surface area contributed by atoms with Gasteiger partial charge < -0.3 is 0 Å². The summed E-state index contributed by atoms with van der Waals surface area (Å²) in [6, 6.07) is 4.20. The summed E-state index contributed by atoms with van der Waals surface area (Å²) in [6.07, 6.45) is 8.26. The second kappa shape index (κ2) is 4.39. The van der Waals surface area contributed by atoms with E-state index in [0.717, 1.165) is 23.5 Å². The maximum absolute atomic E-state index is 6.02. The van der Waals surface area contributed by atoms with Crippen LogP contribution in [-0.4, -0.2) is 10.7 Å². The summed E-state index contributed by atoms with van der Waals surface area (Å²) in [4.78, 5) is 10.5. The Bertz CT molecular complexity index is 681. The normalized spacial score (nSPS) is 35.1. The molecular weight excluding hydrogens is 284 g/mol. The molecule has 21 heavy (non-hydrogen) atoms. The number of thiophene rings is 1. The SMILES string of the molecule is c1cc2ncc(N3NOC4(CC5CCC4CC5)N3)cc2s1. The third kappa shape index (κ3) is 1.83. The van der Waals surface area contributed by atoms with Crippen LogP contribution < -0.4 is 16.1 Å². The fourth-order valence-electron chi connectivity index (χ4n) is 4.13. The molecule has 1 aliphatic heterocycles. The Morgan fingerprint density at radius 1 is 1.33 bits per heavy atom. The number of rotatable bonds is 1. The van der Waals surface area contributed by atoms with Gasteiger partial charge in [-0.1, -0.05) is 5.59 Å². The van der Waals surface area contributed by atoms with Crippen molar-refractivity contribution < 1.29 is 4.84 Å². The lowest BCUT2D eigenvalue weighted by atomic mass is 9.66. The van der Waals surface area contributed by atoms with Crippen molar-refractivity contribution in [2.24, 2.45) is 11.8 Å². The Morgan fingerprint density at radius 2 is 2.24 bits per heavy atom. The molecule has 3 heterocycles. The maximum atomic E-state index is 6.02. The molecule has 6 heteroatoms. The number of aromatic nitrogens is 1. The highest BCUT2D eigenvalue weighted by molar-refractivity contribution is 7.17. The van der Waals surface area contributed by atoms with E-state index in [2.05, 4.69) is 27.4 Å². The molecule has 2 N–H and O–H groups in total. The Labute approximate surface area is 127 Å². The maximum Gasteiger partial charge on any atom is 0.163 e. The molecule has 2 aromatic heterocycles. The summed E-state index contributed by atoms with van der Waals surface area (Å²) in [5.74, 6) is 1.42. The lowest BCUT2D eigenvalue weighted by Gasteiger charge is -2.47. The molecule has 0 aromatic carbocycles. The van der Waals surface area contributed by atoms with Crippen LogP contribution in [0.3, 0.4) is 0 Å². The van der Waals surface area contributed by atoms with Gasteiger partial charge in [0.2, 0.25) is 0 Å². The monoisotopic (exact) mass is 302 g/mol. The fraction of sp³-hybridized carbons (Fsp3) is 0.533. The average Bonchev–Trinajstić information content (AvgIpc) is 3.15. The van der Waals surface area contributed by atoms with E-state index in [1.54, 1.807) is 11.3 Å². The molecule has 4 fully saturated rings. The smallest absolute Gasteiger partial charge is 0.163 e. The van der Waals surface area contributed by atoms with Gasteiger partial charge in [0.05, 0.1) is 22.1 Å². The van der Waals surface area contributed by atoms with Crippen LogP contribution in [0.5, 0.6) is 0 Å². The average molecular weight is 302 g/mol. The third-order valence-corrected chi connectivity index (χ3v) is 6.12. The molecule has 6 rings (SSSR count). The second-order valence-electron chi connectivity index (χ2n) is 6.45. The summed E-state index contributed by atoms with van der Waals surface area (Å²) in [5, 5.41) is 3.97. The lowest BCUT2D eigenvalue weighted by Crippen LogP contribution is -2.57. The zero-order chi connectivity index (χ0) is 13.9. The molecule has 2 aromatic rings. The third-order valence-electron chi connectivity index (χ3n) is 5.26. The minimum Gasteiger partial charge on any atom is -0.257 e. The number of nitrogens with one attached hydrogen (secondary N) is 2. The topological polar surface area (TPSA) is 49.4 Å². The van der Waals surface area contributed by atoms with Crippen molar-refractivity contribution in [3.8, 4) is 0 Å². The first kappa shape index (κ1) is 12.3. The van der Waals surface area contributed by atoms with Crippen molar-refractivity contribution in [3.63, 3.8) is 0 Å². The lowest BCUT2D eigenvalue weighted by molar-refractivity contribution is -0.153. The minimum absolute atomic E-state index is 0.217. The number of hydrogen-bond acceptors (Lipinski definition) is 6. The first-order valence-electron chi connectivity index (χ1n) is 7.67. The van der Waals surface area contributed by atoms with Crippen LogP contribution in [0, 0.1) is 11.8 Å². The van der Waals surface area contributed by atoms with Crippen molar-refractivity contribution in [3.05, 3.63) is 23.7 Å². The van der Waals surface area contributed by atoms with Gasteiger partial charge in [-0.25, -0.2) is 5.12 Å². The van der Waals surface area contributed by atoms with E-state index in [1.807, 2.05) is 17.4 Å². The molecule has 4 aliphatic rings. The highest BCUT2D eigenvalue weighted by Gasteiger charge is 2.53. The van der Waals surface area contributed by atoms with Crippen molar-refractivity contribution in [1.29, 1.82) is 0 Å². The van der Waals surface area contributed by atoms with E-state index in [0.29, 0.717) is 5.92 Å². The largest absolute Gasteiger partial charge is 0.257 e. The standard InChI is InChI=1S/C15H18N4OS/c1-3-11-4-2-10(1)8-15(11)17-19(18-20-15)12-7-14-13(16-9-12)5-6-21-14/h5-7,9-11,17-18H,1-4,8H2. The van der Waals surface area contributed by atoms with Gasteiger partial charge in [-0.05, 0) is 55.5 Å². The van der Waals surface area contributed by atoms with Gasteiger partial charge >= 0.3 is 0 Å². The van der Waals surface area contributed by atoms with Crippen molar-refractivity contribution in [1.82, 2.24) is 16.0 Å². The van der Waals surface area contributed by atoms with Crippen LogP contribution in [0.15, 0.2) is 23.7 Å². The summed E-state index contributed by atoms with van der Waals surface area (Å²) in [6.45, 7) is 0. The van der Waals surface area contributed by atoms with Crippen LogP contribution in [0.4, 0.5) is 5.69 Å². The molecule has 1 unspecified atom stereocenters. The summed E-state index contributed by atoms with van der Waals surface area (Å²) in [5.41, 5.74) is 8.48. The number of anilines is 1. The number of hydrogen-bond donors (Lipinski definition) is 2. The number of hydrazine groups is 2. The van der Waals surface area contributed by atoms with Gasteiger partial charge in [0, 0.05) is 5.92 Å². The van der Waals surface area contributed by atoms with Gasteiger partial charge in [-0.3, -0.25) is 9.82 Å². The van der Waals surface area contributed by atoms with Gasteiger partial charge in [-0.2, -0.15) is 5.43 Å². The van der Waals surface area contributed by atoms with E-state index in [-0.39, 0.29) is 5.72 Å². The summed E-state index contributed by atoms with van der Waals surface area (Å²) >= 11 is 1.71. The quantitative estimate of drug-likeness (QED) is 0.848. The molecule has 0 amide bonds. The van der Waals surface area contributed by atoms with E-state index in [4.69, 9.17) is 4.84 Å². The molecule has 3 saturated carbocycles. The van der Waals surface area contributed by atoms with Crippen LogP contribution in [-0.2, 0) is 4.84 Å². The van der Waals surface area contributed by atoms with Crippen molar-refractivity contribution >= 4 is 27.2 Å². The molecule has 2 bridgehead atoms. The minimum atomic E-state index is -0.217. The molecule has 110 valence electrons. The molecule has 1 atom stereocenters. The Morgan fingerprint density at radius 3 is 3.05 bits per heavy atom. The summed E-state index contributed by atoms with van der Waals surface area (Å²) < 4.78 is 1.20.